The summed E-state index contributed by atoms with van der Waals surface area (Å²) in [6.45, 7) is 6.32. The Morgan fingerprint density at radius 3 is 0.877 bits per heavy atom. The highest BCUT2D eigenvalue weighted by Crippen LogP contribution is 2.13. The van der Waals surface area contributed by atoms with Gasteiger partial charge in [-0.3, -0.25) is 14.4 Å². The van der Waals surface area contributed by atoms with Crippen molar-refractivity contribution in [1.29, 1.82) is 0 Å². The van der Waals surface area contributed by atoms with Crippen LogP contribution in [0.25, 0.3) is 0 Å². The van der Waals surface area contributed by atoms with Crippen LogP contribution in [0.3, 0.4) is 0 Å². The van der Waals surface area contributed by atoms with Crippen molar-refractivity contribution < 1.29 is 28.6 Å². The Labute approximate surface area is 448 Å². The maximum Gasteiger partial charge on any atom is 0.306 e. The first-order chi connectivity index (χ1) is 36.0. The van der Waals surface area contributed by atoms with E-state index in [1.54, 1.807) is 0 Å². The van der Waals surface area contributed by atoms with Gasteiger partial charge < -0.3 is 14.2 Å². The molecule has 0 aliphatic carbocycles. The van der Waals surface area contributed by atoms with Gasteiger partial charge in [-0.15, -0.1) is 0 Å². The summed E-state index contributed by atoms with van der Waals surface area (Å²) in [4.78, 5) is 38.1. The van der Waals surface area contributed by atoms with Crippen molar-refractivity contribution in [3.05, 3.63) is 146 Å². The molecule has 1 unspecified atom stereocenters. The van der Waals surface area contributed by atoms with Gasteiger partial charge in [0.1, 0.15) is 13.2 Å². The molecule has 1 atom stereocenters. The van der Waals surface area contributed by atoms with E-state index in [9.17, 15) is 14.4 Å². The molecule has 0 radical (unpaired) electrons. The fourth-order valence-corrected chi connectivity index (χ4v) is 7.47. The number of esters is 3. The van der Waals surface area contributed by atoms with Crippen LogP contribution >= 0.6 is 0 Å². The van der Waals surface area contributed by atoms with Gasteiger partial charge in [0.25, 0.3) is 0 Å². The number of ether oxygens (including phenoxy) is 3. The molecule has 0 aliphatic heterocycles. The third kappa shape index (κ3) is 58.1. The summed E-state index contributed by atoms with van der Waals surface area (Å²) in [6, 6.07) is 0. The molecule has 0 rings (SSSR count). The third-order valence-corrected chi connectivity index (χ3v) is 11.8. The molecule has 73 heavy (non-hydrogen) atoms. The number of carbonyl (C=O) groups excluding carboxylic acids is 3. The van der Waals surface area contributed by atoms with Gasteiger partial charge in [-0.2, -0.15) is 0 Å². The van der Waals surface area contributed by atoms with Gasteiger partial charge in [-0.1, -0.05) is 224 Å². The molecule has 410 valence electrons. The highest BCUT2D eigenvalue weighted by Gasteiger charge is 2.19. The highest BCUT2D eigenvalue weighted by atomic mass is 16.6. The highest BCUT2D eigenvalue weighted by molar-refractivity contribution is 5.71. The van der Waals surface area contributed by atoms with Crippen LogP contribution in [0.1, 0.15) is 239 Å². The smallest absolute Gasteiger partial charge is 0.306 e. The quantitative estimate of drug-likeness (QED) is 0.0261. The van der Waals surface area contributed by atoms with Crippen molar-refractivity contribution in [1.82, 2.24) is 0 Å². The second-order valence-electron chi connectivity index (χ2n) is 18.8. The van der Waals surface area contributed by atoms with Crippen molar-refractivity contribution in [2.75, 3.05) is 13.2 Å². The molecular formula is C67H106O6. The first-order valence-corrected chi connectivity index (χ1v) is 29.3. The van der Waals surface area contributed by atoms with Crippen LogP contribution in [0.4, 0.5) is 0 Å². The zero-order valence-electron chi connectivity index (χ0n) is 46.8. The third-order valence-electron chi connectivity index (χ3n) is 11.8. The van der Waals surface area contributed by atoms with Gasteiger partial charge in [0.2, 0.25) is 0 Å². The average molecular weight is 1010 g/mol. The van der Waals surface area contributed by atoms with E-state index in [4.69, 9.17) is 14.2 Å². The molecule has 0 aromatic heterocycles. The summed E-state index contributed by atoms with van der Waals surface area (Å²) >= 11 is 0. The maximum atomic E-state index is 12.8. The maximum absolute atomic E-state index is 12.8. The Kier molecular flexibility index (Phi) is 56.0. The summed E-state index contributed by atoms with van der Waals surface area (Å²) in [6.07, 6.45) is 85.6. The molecule has 0 aromatic carbocycles. The van der Waals surface area contributed by atoms with E-state index >= 15 is 0 Å². The summed E-state index contributed by atoms with van der Waals surface area (Å²) < 4.78 is 16.8. The molecule has 0 saturated carbocycles. The number of hydrogen-bond donors (Lipinski definition) is 0. The average Bonchev–Trinajstić information content (AvgIpc) is 3.39. The fraction of sp³-hybridized carbons (Fsp3) is 0.597. The van der Waals surface area contributed by atoms with Gasteiger partial charge in [0.05, 0.1) is 0 Å². The van der Waals surface area contributed by atoms with Gasteiger partial charge >= 0.3 is 17.9 Å². The minimum atomic E-state index is -0.818. The molecule has 0 amide bonds. The number of unbranched alkanes of at least 4 members (excludes halogenated alkanes) is 16. The molecule has 0 spiro atoms. The van der Waals surface area contributed by atoms with Crippen molar-refractivity contribution in [3.8, 4) is 0 Å². The molecule has 0 bridgehead atoms. The molecule has 6 heteroatoms. The normalized spacial score (nSPS) is 13.2. The van der Waals surface area contributed by atoms with Crippen molar-refractivity contribution >= 4 is 17.9 Å². The number of hydrogen-bond acceptors (Lipinski definition) is 6. The van der Waals surface area contributed by atoms with Crippen LogP contribution in [0.15, 0.2) is 146 Å². The Balaban J connectivity index is 4.44. The Morgan fingerprint density at radius 1 is 0.288 bits per heavy atom. The van der Waals surface area contributed by atoms with Crippen molar-refractivity contribution in [2.45, 2.75) is 245 Å². The summed E-state index contributed by atoms with van der Waals surface area (Å²) in [5.41, 5.74) is 0. The number of carbonyl (C=O) groups is 3. The van der Waals surface area contributed by atoms with Crippen LogP contribution in [0, 0.1) is 0 Å². The molecule has 0 aliphatic rings. The predicted molar refractivity (Wildman–Crippen MR) is 315 cm³/mol. The lowest BCUT2D eigenvalue weighted by molar-refractivity contribution is -0.167. The second kappa shape index (κ2) is 59.8. The van der Waals surface area contributed by atoms with E-state index in [-0.39, 0.29) is 37.5 Å². The van der Waals surface area contributed by atoms with E-state index in [1.807, 2.05) is 0 Å². The molecule has 0 saturated heterocycles. The van der Waals surface area contributed by atoms with Crippen molar-refractivity contribution in [2.24, 2.45) is 0 Å². The zero-order chi connectivity index (χ0) is 52.9. The number of rotatable bonds is 51. The van der Waals surface area contributed by atoms with Crippen LogP contribution < -0.4 is 0 Å². The SMILES string of the molecule is CC/C=C\C/C=C\C/C=C\C/C=C\C/C=C\C/C=C\C/C=C\CCCCCCCC(=O)OCC(COC(=O)CCCCCCC/C=C\CCCCCC)OC(=O)CCCC/C=C\C/C=C\C/C=C\C/C=C\CC. The fourth-order valence-electron chi connectivity index (χ4n) is 7.47. The lowest BCUT2D eigenvalue weighted by atomic mass is 10.1. The topological polar surface area (TPSA) is 78.9 Å². The summed E-state index contributed by atoms with van der Waals surface area (Å²) in [7, 11) is 0. The Hall–Kier alpha value is -4.71. The van der Waals surface area contributed by atoms with Crippen molar-refractivity contribution in [3.63, 3.8) is 0 Å². The Morgan fingerprint density at radius 2 is 0.534 bits per heavy atom. The van der Waals surface area contributed by atoms with E-state index in [2.05, 4.69) is 167 Å². The monoisotopic (exact) mass is 1010 g/mol. The van der Waals surface area contributed by atoms with Crippen LogP contribution in [-0.4, -0.2) is 37.2 Å². The van der Waals surface area contributed by atoms with Gasteiger partial charge in [0.15, 0.2) is 6.10 Å². The first-order valence-electron chi connectivity index (χ1n) is 29.3. The minimum absolute atomic E-state index is 0.111. The summed E-state index contributed by atoms with van der Waals surface area (Å²) in [5.74, 6) is -0.987. The number of allylic oxidation sites excluding steroid dienone is 24. The minimum Gasteiger partial charge on any atom is -0.462 e. The van der Waals surface area contributed by atoms with Gasteiger partial charge in [-0.05, 0) is 141 Å². The molecule has 0 N–H and O–H groups in total. The molecule has 0 fully saturated rings. The predicted octanol–water partition coefficient (Wildman–Crippen LogP) is 20.0. The zero-order valence-corrected chi connectivity index (χ0v) is 46.8. The second-order valence-corrected chi connectivity index (χ2v) is 18.8. The van der Waals surface area contributed by atoms with Gasteiger partial charge in [0, 0.05) is 19.3 Å². The van der Waals surface area contributed by atoms with Gasteiger partial charge in [-0.25, -0.2) is 0 Å². The largest absolute Gasteiger partial charge is 0.462 e. The van der Waals surface area contributed by atoms with Crippen LogP contribution in [0.5, 0.6) is 0 Å². The molecular weight excluding hydrogens is 901 g/mol. The van der Waals surface area contributed by atoms with E-state index in [1.165, 1.54) is 38.5 Å². The Bertz CT molecular complexity index is 1630. The van der Waals surface area contributed by atoms with Crippen LogP contribution in [0.2, 0.25) is 0 Å². The first kappa shape index (κ1) is 68.3. The lowest BCUT2D eigenvalue weighted by Gasteiger charge is -2.18. The molecule has 0 heterocycles. The van der Waals surface area contributed by atoms with E-state index < -0.39 is 6.10 Å². The molecule has 0 aromatic rings. The van der Waals surface area contributed by atoms with E-state index in [0.717, 1.165) is 154 Å². The van der Waals surface area contributed by atoms with E-state index in [0.29, 0.717) is 19.3 Å². The summed E-state index contributed by atoms with van der Waals surface area (Å²) in [5, 5.41) is 0. The standard InChI is InChI=1S/C67H106O6/c1-4-7-10-13-16-19-22-25-27-28-29-30-31-32-33-34-35-36-37-38-40-42-45-48-51-54-57-60-66(69)72-63-64(62-71-65(68)59-56-53-50-47-44-41-24-21-18-15-12-9-6-3)73-67(70)61-58-55-52-49-46-43-39-26-23-20-17-14-11-8-5-2/h7-8,10-11,16-17,19-21,24-27,29-30,32-33,35-36,38-40,46,49,64H,4-6,9,12-15,18,22-23,28,31,34,37,41-45,47-48,50-63H2,1-3H3/b10-7-,11-8-,19-16-,20-17-,24-21-,27-25-,30-29-,33-32-,36-35-,39-26-,40-38-,49-46-. The van der Waals surface area contributed by atoms with Crippen LogP contribution in [-0.2, 0) is 28.6 Å². The molecule has 6 nitrogen and oxygen atoms in total. The lowest BCUT2D eigenvalue weighted by Crippen LogP contribution is -2.30.